The van der Waals surface area contributed by atoms with E-state index in [9.17, 15) is 43.2 Å². The molecule has 0 spiro atoms. The van der Waals surface area contributed by atoms with Gasteiger partial charge in [0.1, 0.15) is 17.7 Å². The standard InChI is InChI=1S/C29H32BrCl2N3O7.C23H23BrCl2N4O5.CH4.2H2S/c1-29(2,3)42-24(37)14-19(33)11-16-6-5-7-17(10-16)26(38)34-15-20(36)8-9-23(28(40)41-4)35-27(39)25-21(31)12-18(30)13-22(25)32;1-35-23(34)18(30-22(33)20-16(25)9-14(24)10-17(20)26)6-5-15(31)11-29-21(32)13-4-2-3-12(7-13)8-19(27)28;;;/h5-7,10,12-13,23,33H,8-9,11,14-15H2,1-4H3,(H,34,38)(H,35,39);2-4,7,9-10,18H,5-6,8,11H2,1H3,(H3,27,28)(H,29,32)(H,30,33);1H4;2*1H2/t23-;18-;;;/m00.../s1. The lowest BCUT2D eigenvalue weighted by atomic mass is 10.0. The molecule has 436 valence electrons. The number of hydrogen-bond acceptors (Lipinski definition) is 14. The quantitative estimate of drug-likeness (QED) is 0.0149. The van der Waals surface area contributed by atoms with Crippen molar-refractivity contribution in [3.63, 3.8) is 0 Å². The lowest BCUT2D eigenvalue weighted by molar-refractivity contribution is -0.153. The number of rotatable bonds is 24. The van der Waals surface area contributed by atoms with E-state index < -0.39 is 59.2 Å². The second-order valence-electron chi connectivity index (χ2n) is 17.8. The number of ether oxygens (including phenoxy) is 3. The Labute approximate surface area is 514 Å². The van der Waals surface area contributed by atoms with Gasteiger partial charge in [0.05, 0.1) is 70.8 Å². The number of nitrogens with one attached hydrogen (secondary N) is 6. The zero-order valence-corrected chi connectivity index (χ0v) is 51.4. The summed E-state index contributed by atoms with van der Waals surface area (Å²) in [7, 11) is 2.31. The molecule has 0 aliphatic carbocycles. The molecule has 4 amide bonds. The van der Waals surface area contributed by atoms with Crippen molar-refractivity contribution < 1.29 is 57.4 Å². The fourth-order valence-corrected chi connectivity index (χ4v) is 9.60. The zero-order valence-electron chi connectivity index (χ0n) is 43.2. The van der Waals surface area contributed by atoms with Crippen molar-refractivity contribution in [1.29, 1.82) is 10.8 Å². The molecule has 0 saturated heterocycles. The van der Waals surface area contributed by atoms with Crippen molar-refractivity contribution in [2.75, 3.05) is 27.3 Å². The van der Waals surface area contributed by atoms with Crippen LogP contribution in [-0.2, 0) is 51.0 Å². The van der Waals surface area contributed by atoms with Crippen molar-refractivity contribution >= 4 is 170 Å². The molecular weight excluding hydrogens is 1290 g/mol. The Balaban J connectivity index is 0.00000153. The van der Waals surface area contributed by atoms with Gasteiger partial charge in [-0.05, 0) is 93.3 Å². The first-order valence-electron chi connectivity index (χ1n) is 23.1. The van der Waals surface area contributed by atoms with Gasteiger partial charge < -0.3 is 46.6 Å². The van der Waals surface area contributed by atoms with Crippen LogP contribution in [0.2, 0.25) is 20.1 Å². The van der Waals surface area contributed by atoms with Crippen LogP contribution in [0.1, 0.15) is 113 Å². The van der Waals surface area contributed by atoms with E-state index in [0.717, 1.165) is 14.2 Å². The molecule has 4 aromatic carbocycles. The van der Waals surface area contributed by atoms with Crippen LogP contribution in [0.5, 0.6) is 0 Å². The largest absolute Gasteiger partial charge is 0.467 e. The van der Waals surface area contributed by atoms with E-state index in [2.05, 4.69) is 53.1 Å². The van der Waals surface area contributed by atoms with E-state index in [-0.39, 0.29) is 152 Å². The van der Waals surface area contributed by atoms with Crippen LogP contribution >= 0.6 is 105 Å². The first kappa shape index (κ1) is 74.5. The monoisotopic (exact) mass is 1350 g/mol. The highest BCUT2D eigenvalue weighted by atomic mass is 79.9. The summed E-state index contributed by atoms with van der Waals surface area (Å²) in [4.78, 5) is 112. The topological polar surface area (TPSA) is 303 Å². The molecule has 0 radical (unpaired) electrons. The van der Waals surface area contributed by atoms with E-state index in [1.54, 1.807) is 69.3 Å². The van der Waals surface area contributed by atoms with Gasteiger partial charge in [-0.2, -0.15) is 27.0 Å². The maximum absolute atomic E-state index is 12.8. The van der Waals surface area contributed by atoms with Crippen LogP contribution in [0.15, 0.2) is 81.7 Å². The molecule has 0 aliphatic heterocycles. The average molecular weight is 1360 g/mol. The molecule has 0 fully saturated rings. The Morgan fingerprint density at radius 1 is 0.600 bits per heavy atom. The molecule has 4 aromatic rings. The van der Waals surface area contributed by atoms with Gasteiger partial charge in [0.25, 0.3) is 23.6 Å². The predicted molar refractivity (Wildman–Crippen MR) is 326 cm³/mol. The molecule has 4 rings (SSSR count). The van der Waals surface area contributed by atoms with Gasteiger partial charge in [-0.15, -0.1) is 0 Å². The third kappa shape index (κ3) is 25.9. The molecule has 0 unspecified atom stereocenters. The highest BCUT2D eigenvalue weighted by molar-refractivity contribution is 9.10. The number of ketones is 2. The number of benzene rings is 4. The summed E-state index contributed by atoms with van der Waals surface area (Å²) in [5, 5.41) is 25.8. The third-order valence-electron chi connectivity index (χ3n) is 10.3. The summed E-state index contributed by atoms with van der Waals surface area (Å²) in [6.45, 7) is 4.64. The van der Waals surface area contributed by atoms with Crippen molar-refractivity contribution in [1.82, 2.24) is 21.3 Å². The minimum absolute atomic E-state index is 0. The Kier molecular flexibility index (Phi) is 33.5. The first-order chi connectivity index (χ1) is 36.1. The van der Waals surface area contributed by atoms with Crippen molar-refractivity contribution in [2.45, 2.75) is 90.8 Å². The highest BCUT2D eigenvalue weighted by Gasteiger charge is 2.28. The number of amides is 4. The summed E-state index contributed by atoms with van der Waals surface area (Å²) in [6.07, 6.45) is -0.232. The van der Waals surface area contributed by atoms with Gasteiger partial charge in [-0.1, -0.05) is 110 Å². The van der Waals surface area contributed by atoms with E-state index in [1.807, 2.05) is 0 Å². The number of nitrogens with two attached hydrogens (primary N) is 1. The maximum atomic E-state index is 12.8. The molecule has 80 heavy (non-hydrogen) atoms. The molecule has 27 heteroatoms. The number of Topliss-reactive ketones (excluding diaryl/α,β-unsaturated/α-hetero) is 2. The maximum Gasteiger partial charge on any atom is 0.328 e. The first-order valence-corrected chi connectivity index (χ1v) is 26.2. The normalized spacial score (nSPS) is 11.1. The second kappa shape index (κ2) is 36.0. The summed E-state index contributed by atoms with van der Waals surface area (Å²) < 4.78 is 15.8. The van der Waals surface area contributed by atoms with Gasteiger partial charge in [0.2, 0.25) is 0 Å². The highest BCUT2D eigenvalue weighted by Crippen LogP contribution is 2.31. The summed E-state index contributed by atoms with van der Waals surface area (Å²) in [5.41, 5.74) is 6.75. The lowest BCUT2D eigenvalue weighted by Gasteiger charge is -2.19. The number of esters is 3. The number of methoxy groups -OCH3 is 2. The molecule has 2 atom stereocenters. The molecule has 0 aromatic heterocycles. The second-order valence-corrected chi connectivity index (χ2v) is 21.2. The molecule has 8 N–H and O–H groups in total. The van der Waals surface area contributed by atoms with E-state index in [0.29, 0.717) is 25.6 Å². The Morgan fingerprint density at radius 3 is 1.30 bits per heavy atom. The van der Waals surface area contributed by atoms with Crippen molar-refractivity contribution in [3.05, 3.63) is 135 Å². The molecule has 19 nitrogen and oxygen atoms in total. The van der Waals surface area contributed by atoms with Crippen LogP contribution in [0.25, 0.3) is 0 Å². The minimum Gasteiger partial charge on any atom is -0.467 e. The molecule has 0 heterocycles. The van der Waals surface area contributed by atoms with Gasteiger partial charge >= 0.3 is 17.9 Å². The van der Waals surface area contributed by atoms with E-state index in [4.69, 9.17) is 77.2 Å². The van der Waals surface area contributed by atoms with Crippen LogP contribution in [0.3, 0.4) is 0 Å². The van der Waals surface area contributed by atoms with Crippen LogP contribution in [-0.4, -0.2) is 110 Å². The van der Waals surface area contributed by atoms with Crippen LogP contribution in [0.4, 0.5) is 0 Å². The van der Waals surface area contributed by atoms with Crippen LogP contribution in [0, 0.1) is 10.8 Å². The SMILES string of the molecule is C.COC(=O)[C@H](CCC(=O)CNC(=O)c1cccc(CC(=N)CC(=O)OC(C)(C)C)c1)NC(=O)c1c(Cl)cc(Br)cc1Cl.COC(=O)[C@H](CCC(=O)CNC(=O)c1cccc(CC(=N)N)c1)NC(=O)c1c(Cl)cc(Br)cc1Cl.S.S. The van der Waals surface area contributed by atoms with E-state index >= 15 is 0 Å². The Hall–Kier alpha value is -5.53. The smallest absolute Gasteiger partial charge is 0.328 e. The third-order valence-corrected chi connectivity index (χ3v) is 12.4. The molecule has 0 bridgehead atoms. The van der Waals surface area contributed by atoms with Gasteiger partial charge in [0, 0.05) is 51.5 Å². The van der Waals surface area contributed by atoms with Crippen molar-refractivity contribution in [3.8, 4) is 0 Å². The summed E-state index contributed by atoms with van der Waals surface area (Å²) >= 11 is 30.9. The van der Waals surface area contributed by atoms with Crippen molar-refractivity contribution in [2.24, 2.45) is 5.73 Å². The molecule has 0 saturated carbocycles. The zero-order chi connectivity index (χ0) is 57.7. The van der Waals surface area contributed by atoms with Crippen LogP contribution < -0.4 is 27.0 Å². The minimum atomic E-state index is -1.16. The number of hydrogen-bond donors (Lipinski definition) is 7. The number of halogens is 6. The number of carbonyl (C=O) groups is 9. The number of amidine groups is 1. The van der Waals surface area contributed by atoms with Gasteiger partial charge in [-0.3, -0.25) is 39.0 Å². The fraction of sp³-hybridized carbons (Fsp3) is 0.340. The Bertz CT molecular complexity index is 2890. The molecule has 0 aliphatic rings. The Morgan fingerprint density at radius 2 is 0.963 bits per heavy atom. The predicted octanol–water partition coefficient (Wildman–Crippen LogP) is 9.25. The van der Waals surface area contributed by atoms with Gasteiger partial charge in [0.15, 0.2) is 11.6 Å². The van der Waals surface area contributed by atoms with Gasteiger partial charge in [-0.25, -0.2) is 9.59 Å². The summed E-state index contributed by atoms with van der Waals surface area (Å²) in [6, 6.07) is 16.7. The summed E-state index contributed by atoms with van der Waals surface area (Å²) in [5.74, 6) is -5.20. The number of carbonyl (C=O) groups excluding carboxylic acids is 9. The molecular formula is C53H63Br2Cl4N7O12S2. The van der Waals surface area contributed by atoms with E-state index in [1.165, 1.54) is 24.3 Å². The average Bonchev–Trinajstić information content (AvgIpc) is 3.33. The lowest BCUT2D eigenvalue weighted by Crippen LogP contribution is -2.42. The fourth-order valence-electron chi connectivity index (χ4n) is 6.84.